The minimum Gasteiger partial charge on any atom is -0.295 e. The summed E-state index contributed by atoms with van der Waals surface area (Å²) >= 11 is 0. The molecular formula is C19H15NO3. The van der Waals surface area contributed by atoms with E-state index in [0.29, 0.717) is 28.1 Å². The van der Waals surface area contributed by atoms with Gasteiger partial charge in [-0.3, -0.25) is 19.4 Å². The molecule has 0 N–H and O–H groups in total. The number of Topliss-reactive ketones (excluding diaryl/α,β-unsaturated/α-hetero) is 3. The lowest BCUT2D eigenvalue weighted by molar-refractivity contribution is 0.0882. The van der Waals surface area contributed by atoms with Crippen molar-refractivity contribution in [3.05, 3.63) is 65.2 Å². The fraction of sp³-hybridized carbons (Fsp3) is 0.158. The monoisotopic (exact) mass is 305 g/mol. The van der Waals surface area contributed by atoms with Gasteiger partial charge in [-0.25, -0.2) is 0 Å². The molecule has 0 atom stereocenters. The van der Waals surface area contributed by atoms with Gasteiger partial charge in [-0.2, -0.15) is 0 Å². The molecule has 4 nitrogen and oxygen atoms in total. The molecule has 0 unspecified atom stereocenters. The van der Waals surface area contributed by atoms with Crippen molar-refractivity contribution >= 4 is 28.7 Å². The number of nitrogens with zero attached hydrogens (tertiary/aromatic N) is 1. The average molecular weight is 305 g/mol. The van der Waals surface area contributed by atoms with Crippen LogP contribution in [0.2, 0.25) is 0 Å². The number of fused-ring (bicyclic) bond motifs is 1. The lowest BCUT2D eigenvalue weighted by Gasteiger charge is -2.07. The van der Waals surface area contributed by atoms with Crippen LogP contribution in [0.4, 0.5) is 5.69 Å². The molecule has 0 aliphatic heterocycles. The second-order valence-corrected chi connectivity index (χ2v) is 5.56. The molecule has 2 aromatic carbocycles. The molecule has 23 heavy (non-hydrogen) atoms. The Kier molecular flexibility index (Phi) is 3.74. The van der Waals surface area contributed by atoms with Gasteiger partial charge in [0.2, 0.25) is 0 Å². The summed E-state index contributed by atoms with van der Waals surface area (Å²) in [4.78, 5) is 40.5. The molecule has 0 saturated heterocycles. The number of carbonyl (C=O) groups excluding carboxylic acids is 3. The highest BCUT2D eigenvalue weighted by Gasteiger charge is 2.39. The Hall–Kier alpha value is -2.88. The molecule has 0 heterocycles. The molecule has 2 aromatic rings. The molecule has 0 aromatic heterocycles. The third-order valence-corrected chi connectivity index (χ3v) is 3.98. The third kappa shape index (κ3) is 2.63. The van der Waals surface area contributed by atoms with E-state index in [9.17, 15) is 14.4 Å². The number of ketones is 3. The first kappa shape index (κ1) is 15.0. The summed E-state index contributed by atoms with van der Waals surface area (Å²) in [6.45, 7) is 3.18. The first-order valence-corrected chi connectivity index (χ1v) is 7.32. The second-order valence-electron chi connectivity index (χ2n) is 5.56. The molecular weight excluding hydrogens is 290 g/mol. The van der Waals surface area contributed by atoms with Crippen molar-refractivity contribution < 1.29 is 14.4 Å². The maximum absolute atomic E-state index is 12.4. The van der Waals surface area contributed by atoms with Crippen LogP contribution in [0.5, 0.6) is 0 Å². The summed E-state index contributed by atoms with van der Waals surface area (Å²) in [6, 6.07) is 13.6. The van der Waals surface area contributed by atoms with Crippen LogP contribution in [0.3, 0.4) is 0 Å². The average Bonchev–Trinajstić information content (AvgIpc) is 2.80. The molecule has 0 saturated carbocycles. The summed E-state index contributed by atoms with van der Waals surface area (Å²) in [7, 11) is 0. The number of hydrogen-bond donors (Lipinski definition) is 0. The topological polar surface area (TPSA) is 63.6 Å². The van der Waals surface area contributed by atoms with Crippen LogP contribution < -0.4 is 0 Å². The lowest BCUT2D eigenvalue weighted by atomic mass is 9.98. The fourth-order valence-electron chi connectivity index (χ4n) is 2.76. The van der Waals surface area contributed by atoms with E-state index >= 15 is 0 Å². The van der Waals surface area contributed by atoms with Crippen molar-refractivity contribution in [1.29, 1.82) is 0 Å². The number of aliphatic imine (C=N–C) groups is 1. The maximum Gasteiger partial charge on any atom is 0.180 e. The van der Waals surface area contributed by atoms with Crippen LogP contribution in [-0.2, 0) is 0 Å². The summed E-state index contributed by atoms with van der Waals surface area (Å²) in [5.74, 6) is -1.27. The van der Waals surface area contributed by atoms with Crippen molar-refractivity contribution in [3.8, 4) is 0 Å². The van der Waals surface area contributed by atoms with E-state index < -0.39 is 5.92 Å². The molecule has 0 radical (unpaired) electrons. The molecule has 0 fully saturated rings. The van der Waals surface area contributed by atoms with Gasteiger partial charge in [0.25, 0.3) is 0 Å². The van der Waals surface area contributed by atoms with Crippen molar-refractivity contribution in [1.82, 2.24) is 0 Å². The molecule has 0 spiro atoms. The Morgan fingerprint density at radius 3 is 1.87 bits per heavy atom. The van der Waals surface area contributed by atoms with Gasteiger partial charge in [-0.05, 0) is 38.1 Å². The van der Waals surface area contributed by atoms with Gasteiger partial charge in [0, 0.05) is 22.4 Å². The van der Waals surface area contributed by atoms with E-state index in [4.69, 9.17) is 0 Å². The number of hydrogen-bond acceptors (Lipinski definition) is 4. The zero-order valence-corrected chi connectivity index (χ0v) is 12.9. The fourth-order valence-corrected chi connectivity index (χ4v) is 2.76. The largest absolute Gasteiger partial charge is 0.295 e. The Labute approximate surface area is 133 Å². The predicted molar refractivity (Wildman–Crippen MR) is 87.8 cm³/mol. The van der Waals surface area contributed by atoms with Crippen LogP contribution in [0.15, 0.2) is 53.5 Å². The smallest absolute Gasteiger partial charge is 0.180 e. The summed E-state index contributed by atoms with van der Waals surface area (Å²) < 4.78 is 0. The van der Waals surface area contributed by atoms with Crippen molar-refractivity contribution in [2.45, 2.75) is 13.8 Å². The first-order valence-electron chi connectivity index (χ1n) is 7.32. The minimum absolute atomic E-state index is 0.0196. The van der Waals surface area contributed by atoms with E-state index in [-0.39, 0.29) is 17.3 Å². The molecule has 1 aliphatic rings. The van der Waals surface area contributed by atoms with E-state index in [2.05, 4.69) is 4.99 Å². The molecule has 3 rings (SSSR count). The number of benzene rings is 2. The Balaban J connectivity index is 1.92. The molecule has 0 bridgehead atoms. The van der Waals surface area contributed by atoms with Crippen molar-refractivity contribution in [2.24, 2.45) is 10.9 Å². The van der Waals surface area contributed by atoms with Gasteiger partial charge in [0.1, 0.15) is 5.92 Å². The van der Waals surface area contributed by atoms with E-state index in [1.807, 2.05) is 0 Å². The zero-order chi connectivity index (χ0) is 16.6. The summed E-state index contributed by atoms with van der Waals surface area (Å²) in [5.41, 5.74) is 2.60. The van der Waals surface area contributed by atoms with E-state index in [1.165, 1.54) is 6.92 Å². The Morgan fingerprint density at radius 2 is 1.39 bits per heavy atom. The highest BCUT2D eigenvalue weighted by molar-refractivity contribution is 6.36. The lowest BCUT2D eigenvalue weighted by Crippen LogP contribution is -2.23. The molecule has 114 valence electrons. The van der Waals surface area contributed by atoms with Crippen LogP contribution in [0.1, 0.15) is 44.9 Å². The van der Waals surface area contributed by atoms with Crippen LogP contribution in [0, 0.1) is 5.92 Å². The van der Waals surface area contributed by atoms with Crippen molar-refractivity contribution in [2.75, 3.05) is 0 Å². The van der Waals surface area contributed by atoms with Gasteiger partial charge in [0.15, 0.2) is 17.3 Å². The van der Waals surface area contributed by atoms with Gasteiger partial charge in [0.05, 0.1) is 5.69 Å². The summed E-state index contributed by atoms with van der Waals surface area (Å²) in [6.07, 6.45) is 0. The number of carbonyl (C=O) groups is 3. The Bertz CT molecular complexity index is 812. The van der Waals surface area contributed by atoms with Crippen molar-refractivity contribution in [3.63, 3.8) is 0 Å². The van der Waals surface area contributed by atoms with E-state index in [1.54, 1.807) is 55.5 Å². The maximum atomic E-state index is 12.4. The highest BCUT2D eigenvalue weighted by Crippen LogP contribution is 2.28. The normalized spacial score (nSPS) is 15.0. The predicted octanol–water partition coefficient (Wildman–Crippen LogP) is 3.68. The first-order chi connectivity index (χ1) is 11.0. The molecule has 1 aliphatic carbocycles. The second kappa shape index (κ2) is 5.72. The van der Waals surface area contributed by atoms with Gasteiger partial charge >= 0.3 is 0 Å². The van der Waals surface area contributed by atoms with E-state index in [0.717, 1.165) is 0 Å². The van der Waals surface area contributed by atoms with Gasteiger partial charge in [-0.1, -0.05) is 24.3 Å². The SMILES string of the molecule is CC(=O)c1ccc(N=C(C)C2C(=O)c3ccccc3C2=O)cc1. The third-order valence-electron chi connectivity index (χ3n) is 3.98. The highest BCUT2D eigenvalue weighted by atomic mass is 16.2. The van der Waals surface area contributed by atoms with Crippen LogP contribution in [0.25, 0.3) is 0 Å². The number of rotatable bonds is 3. The summed E-state index contributed by atoms with van der Waals surface area (Å²) in [5, 5.41) is 0. The molecule has 0 amide bonds. The Morgan fingerprint density at radius 1 is 0.870 bits per heavy atom. The van der Waals surface area contributed by atoms with Gasteiger partial charge in [-0.15, -0.1) is 0 Å². The zero-order valence-electron chi connectivity index (χ0n) is 12.9. The van der Waals surface area contributed by atoms with Crippen LogP contribution in [-0.4, -0.2) is 23.1 Å². The molecule has 4 heteroatoms. The quantitative estimate of drug-likeness (QED) is 0.493. The minimum atomic E-state index is -0.847. The standard InChI is InChI=1S/C19H15NO3/c1-11(20-14-9-7-13(8-10-14)12(2)21)17-18(22)15-5-3-4-6-16(15)19(17)23/h3-10,17H,1-2H3. The van der Waals surface area contributed by atoms with Gasteiger partial charge < -0.3 is 0 Å². The van der Waals surface area contributed by atoms with Crippen LogP contribution >= 0.6 is 0 Å².